The van der Waals surface area contributed by atoms with Crippen LogP contribution >= 0.6 is 11.3 Å². The minimum atomic E-state index is -1.03. The molecular formula is C20H20N2O5S. The first-order valence-electron chi connectivity index (χ1n) is 8.62. The van der Waals surface area contributed by atoms with Gasteiger partial charge in [-0.15, -0.1) is 11.3 Å². The Morgan fingerprint density at radius 2 is 2.00 bits per heavy atom. The number of furan rings is 1. The molecule has 0 aliphatic carbocycles. The molecule has 0 aliphatic heterocycles. The average Bonchev–Trinajstić information content (AvgIpc) is 3.25. The van der Waals surface area contributed by atoms with Crippen molar-refractivity contribution in [3.05, 3.63) is 52.1 Å². The van der Waals surface area contributed by atoms with E-state index < -0.39 is 23.9 Å². The zero-order valence-corrected chi connectivity index (χ0v) is 16.5. The number of primary amides is 1. The summed E-state index contributed by atoms with van der Waals surface area (Å²) in [7, 11) is 0. The van der Waals surface area contributed by atoms with Gasteiger partial charge in [-0.05, 0) is 43.3 Å². The van der Waals surface area contributed by atoms with Crippen molar-refractivity contribution in [3.63, 3.8) is 0 Å². The van der Waals surface area contributed by atoms with Gasteiger partial charge in [-0.2, -0.15) is 0 Å². The zero-order valence-electron chi connectivity index (χ0n) is 15.7. The van der Waals surface area contributed by atoms with Crippen LogP contribution < -0.4 is 11.1 Å². The van der Waals surface area contributed by atoms with Gasteiger partial charge in [0.1, 0.15) is 10.6 Å². The Labute approximate surface area is 165 Å². The molecule has 7 nitrogen and oxygen atoms in total. The van der Waals surface area contributed by atoms with Crippen molar-refractivity contribution >= 4 is 45.1 Å². The molecule has 28 heavy (non-hydrogen) atoms. The van der Waals surface area contributed by atoms with Gasteiger partial charge in [-0.25, -0.2) is 0 Å². The maximum Gasteiger partial charge on any atom is 0.311 e. The summed E-state index contributed by atoms with van der Waals surface area (Å²) in [4.78, 5) is 35.9. The first-order chi connectivity index (χ1) is 13.3. The van der Waals surface area contributed by atoms with Gasteiger partial charge in [0.25, 0.3) is 11.8 Å². The van der Waals surface area contributed by atoms with Gasteiger partial charge in [0, 0.05) is 10.9 Å². The summed E-state index contributed by atoms with van der Waals surface area (Å²) in [5.74, 6) is -1.73. The van der Waals surface area contributed by atoms with E-state index in [9.17, 15) is 14.4 Å². The van der Waals surface area contributed by atoms with Crippen LogP contribution in [0.1, 0.15) is 34.0 Å². The Kier molecular flexibility index (Phi) is 5.51. The van der Waals surface area contributed by atoms with E-state index in [0.717, 1.165) is 33.4 Å². The van der Waals surface area contributed by atoms with Crippen molar-refractivity contribution in [3.8, 4) is 0 Å². The third kappa shape index (κ3) is 3.91. The van der Waals surface area contributed by atoms with E-state index in [0.29, 0.717) is 10.6 Å². The standard InChI is InChI=1S/C20H20N2O5S/c1-10-4-5-14-13(9-26-17(14)11(10)2)8-16(23)27-12(3)19(25)22-20-15(18(21)24)6-7-28-20/h4-7,9,12H,8H2,1-3H3,(H2,21,24)(H,22,25)/t12-/m0/s1. The van der Waals surface area contributed by atoms with Gasteiger partial charge in [0.2, 0.25) is 0 Å². The van der Waals surface area contributed by atoms with Crippen LogP contribution in [-0.2, 0) is 20.7 Å². The number of nitrogens with two attached hydrogens (primary N) is 1. The molecular weight excluding hydrogens is 380 g/mol. The molecule has 0 saturated carbocycles. The van der Waals surface area contributed by atoms with E-state index in [4.69, 9.17) is 14.9 Å². The molecule has 2 amide bonds. The number of amides is 2. The number of carbonyl (C=O) groups is 3. The Morgan fingerprint density at radius 3 is 2.71 bits per heavy atom. The molecule has 0 spiro atoms. The molecule has 2 heterocycles. The lowest BCUT2D eigenvalue weighted by Crippen LogP contribution is -2.30. The SMILES string of the molecule is Cc1ccc2c(CC(=O)O[C@@H](C)C(=O)Nc3sccc3C(N)=O)coc2c1C. The van der Waals surface area contributed by atoms with Crippen molar-refractivity contribution in [1.29, 1.82) is 0 Å². The van der Waals surface area contributed by atoms with Crippen LogP contribution in [0.4, 0.5) is 5.00 Å². The van der Waals surface area contributed by atoms with Crippen molar-refractivity contribution < 1.29 is 23.5 Å². The summed E-state index contributed by atoms with van der Waals surface area (Å²) in [5.41, 5.74) is 9.03. The quantitative estimate of drug-likeness (QED) is 0.617. The Hall–Kier alpha value is -3.13. The van der Waals surface area contributed by atoms with Crippen molar-refractivity contribution in [2.45, 2.75) is 33.3 Å². The molecule has 146 valence electrons. The predicted molar refractivity (Wildman–Crippen MR) is 106 cm³/mol. The highest BCUT2D eigenvalue weighted by Crippen LogP contribution is 2.27. The van der Waals surface area contributed by atoms with E-state index in [2.05, 4.69) is 5.32 Å². The zero-order chi connectivity index (χ0) is 20.4. The number of rotatable bonds is 6. The van der Waals surface area contributed by atoms with E-state index in [1.807, 2.05) is 26.0 Å². The number of ether oxygens (including phenoxy) is 1. The Balaban J connectivity index is 1.64. The molecule has 3 rings (SSSR count). The molecule has 0 saturated heterocycles. The summed E-state index contributed by atoms with van der Waals surface area (Å²) in [6, 6.07) is 5.39. The third-order valence-corrected chi connectivity index (χ3v) is 5.35. The minimum Gasteiger partial charge on any atom is -0.464 e. The van der Waals surface area contributed by atoms with Gasteiger partial charge in [-0.1, -0.05) is 12.1 Å². The number of esters is 1. The molecule has 0 unspecified atom stereocenters. The number of benzene rings is 1. The smallest absolute Gasteiger partial charge is 0.311 e. The van der Waals surface area contributed by atoms with Crippen LogP contribution in [0.15, 0.2) is 34.3 Å². The number of thiophene rings is 1. The summed E-state index contributed by atoms with van der Waals surface area (Å²) in [5, 5.41) is 5.38. The first kappa shape index (κ1) is 19.6. The van der Waals surface area contributed by atoms with Crippen molar-refractivity contribution in [1.82, 2.24) is 0 Å². The van der Waals surface area contributed by atoms with Crippen LogP contribution in [0, 0.1) is 13.8 Å². The number of hydrogen-bond donors (Lipinski definition) is 2. The molecule has 0 radical (unpaired) electrons. The molecule has 0 bridgehead atoms. The second-order valence-electron chi connectivity index (χ2n) is 6.47. The third-order valence-electron chi connectivity index (χ3n) is 4.52. The Morgan fingerprint density at radius 1 is 1.25 bits per heavy atom. The average molecular weight is 400 g/mol. The second-order valence-corrected chi connectivity index (χ2v) is 7.39. The van der Waals surface area contributed by atoms with Crippen LogP contribution in [0.5, 0.6) is 0 Å². The van der Waals surface area contributed by atoms with Gasteiger partial charge in [-0.3, -0.25) is 14.4 Å². The normalized spacial score (nSPS) is 12.0. The lowest BCUT2D eigenvalue weighted by molar-refractivity contribution is -0.152. The van der Waals surface area contributed by atoms with Crippen LogP contribution in [-0.4, -0.2) is 23.9 Å². The molecule has 3 N–H and O–H groups in total. The first-order valence-corrected chi connectivity index (χ1v) is 9.49. The number of fused-ring (bicyclic) bond motifs is 1. The molecule has 1 aromatic carbocycles. The maximum absolute atomic E-state index is 12.3. The van der Waals surface area contributed by atoms with Crippen LogP contribution in [0.2, 0.25) is 0 Å². The van der Waals surface area contributed by atoms with Gasteiger partial charge in [0.05, 0.1) is 18.2 Å². The lowest BCUT2D eigenvalue weighted by Gasteiger charge is -2.13. The van der Waals surface area contributed by atoms with E-state index in [1.54, 1.807) is 5.38 Å². The summed E-state index contributed by atoms with van der Waals surface area (Å²) < 4.78 is 10.8. The van der Waals surface area contributed by atoms with E-state index in [1.165, 1.54) is 19.3 Å². The van der Waals surface area contributed by atoms with Gasteiger partial charge < -0.3 is 20.2 Å². The monoisotopic (exact) mass is 400 g/mol. The van der Waals surface area contributed by atoms with Gasteiger partial charge in [0.15, 0.2) is 6.10 Å². The number of nitrogens with one attached hydrogen (secondary N) is 1. The number of carbonyl (C=O) groups excluding carboxylic acids is 3. The molecule has 0 fully saturated rings. The minimum absolute atomic E-state index is 0.0152. The molecule has 1 atom stereocenters. The van der Waals surface area contributed by atoms with E-state index in [-0.39, 0.29) is 12.0 Å². The number of anilines is 1. The molecule has 2 aromatic heterocycles. The fourth-order valence-corrected chi connectivity index (χ4v) is 3.58. The highest BCUT2D eigenvalue weighted by Gasteiger charge is 2.22. The molecule has 8 heteroatoms. The summed E-state index contributed by atoms with van der Waals surface area (Å²) >= 11 is 1.16. The highest BCUT2D eigenvalue weighted by atomic mass is 32.1. The fourth-order valence-electron chi connectivity index (χ4n) is 2.79. The predicted octanol–water partition coefficient (Wildman–Crippen LogP) is 3.32. The largest absolute Gasteiger partial charge is 0.464 e. The fraction of sp³-hybridized carbons (Fsp3) is 0.250. The number of aryl methyl sites for hydroxylation is 2. The van der Waals surface area contributed by atoms with Crippen molar-refractivity contribution in [2.24, 2.45) is 5.73 Å². The second kappa shape index (κ2) is 7.85. The number of hydrogen-bond acceptors (Lipinski definition) is 6. The van der Waals surface area contributed by atoms with Crippen molar-refractivity contribution in [2.75, 3.05) is 5.32 Å². The maximum atomic E-state index is 12.3. The summed E-state index contributed by atoms with van der Waals surface area (Å²) in [6.07, 6.45) is 0.490. The highest BCUT2D eigenvalue weighted by molar-refractivity contribution is 7.14. The topological polar surface area (TPSA) is 112 Å². The van der Waals surface area contributed by atoms with E-state index >= 15 is 0 Å². The lowest BCUT2D eigenvalue weighted by atomic mass is 10.0. The van der Waals surface area contributed by atoms with Crippen LogP contribution in [0.3, 0.4) is 0 Å². The molecule has 3 aromatic rings. The van der Waals surface area contributed by atoms with Crippen LogP contribution in [0.25, 0.3) is 11.0 Å². The Bertz CT molecular complexity index is 1070. The summed E-state index contributed by atoms with van der Waals surface area (Å²) in [6.45, 7) is 5.41. The molecule has 0 aliphatic rings. The van der Waals surface area contributed by atoms with Gasteiger partial charge >= 0.3 is 5.97 Å².